The van der Waals surface area contributed by atoms with Crippen LogP contribution in [0.15, 0.2) is 0 Å². The summed E-state index contributed by atoms with van der Waals surface area (Å²) in [5.74, 6) is -0.666. The number of aliphatic hydroxyl groups excluding tert-OH is 5. The molecule has 2 heterocycles. The minimum absolute atomic E-state index is 0.607. The van der Waals surface area contributed by atoms with Gasteiger partial charge in [0.05, 0.1) is 12.7 Å². The summed E-state index contributed by atoms with van der Waals surface area (Å²) < 4.78 is 26.6. The SMILES string of the molecule is CO[C@H]1[C@H](O[C@@H]2O[C@H](CO)[C@@H](O)[C@H](O)[C@H]2O)[C@@H](C)OC(O)[C@@H]1OC(C)=O. The van der Waals surface area contributed by atoms with E-state index in [0.717, 1.165) is 6.92 Å². The minimum Gasteiger partial charge on any atom is -0.454 e. The predicted molar refractivity (Wildman–Crippen MR) is 81.5 cm³/mol. The molecule has 0 aliphatic carbocycles. The average molecular weight is 382 g/mol. The predicted octanol–water partition coefficient (Wildman–Crippen LogP) is -3.14. The zero-order chi connectivity index (χ0) is 19.6. The van der Waals surface area contributed by atoms with Crippen LogP contribution in [-0.4, -0.2) is 107 Å². The van der Waals surface area contributed by atoms with Crippen LogP contribution in [0.4, 0.5) is 0 Å². The van der Waals surface area contributed by atoms with E-state index in [1.165, 1.54) is 7.11 Å². The number of methoxy groups -OCH3 is 1. The molecule has 2 aliphatic rings. The molecule has 26 heavy (non-hydrogen) atoms. The Morgan fingerprint density at radius 3 is 2.19 bits per heavy atom. The van der Waals surface area contributed by atoms with Gasteiger partial charge in [0.1, 0.15) is 36.6 Å². The van der Waals surface area contributed by atoms with Gasteiger partial charge in [0.2, 0.25) is 0 Å². The molecule has 1 unspecified atom stereocenters. The molecule has 5 N–H and O–H groups in total. The standard InChI is InChI=1S/C15H26O11/c1-5-11(12(22-3)13(14(21)23-5)24-6(2)17)26-15-10(20)9(19)8(18)7(4-16)25-15/h5,7-16,18-21H,4H2,1-3H3/t5-,7-,8-,9+,10-,11-,12+,13-,14?,15+/m1/s1. The highest BCUT2D eigenvalue weighted by molar-refractivity contribution is 5.66. The summed E-state index contributed by atoms with van der Waals surface area (Å²) in [7, 11) is 1.32. The Balaban J connectivity index is 2.17. The second-order valence-corrected chi connectivity index (χ2v) is 6.30. The lowest BCUT2D eigenvalue weighted by Crippen LogP contribution is -2.64. The highest BCUT2D eigenvalue weighted by atomic mass is 16.7. The molecular weight excluding hydrogens is 356 g/mol. The van der Waals surface area contributed by atoms with Crippen LogP contribution in [0.2, 0.25) is 0 Å². The highest BCUT2D eigenvalue weighted by Crippen LogP contribution is 2.30. The largest absolute Gasteiger partial charge is 0.454 e. The quantitative estimate of drug-likeness (QED) is 0.305. The molecule has 152 valence electrons. The molecule has 2 fully saturated rings. The Morgan fingerprint density at radius 2 is 1.65 bits per heavy atom. The maximum absolute atomic E-state index is 11.3. The molecule has 2 saturated heterocycles. The molecular formula is C15H26O11. The second kappa shape index (κ2) is 8.87. The van der Waals surface area contributed by atoms with E-state index >= 15 is 0 Å². The summed E-state index contributed by atoms with van der Waals surface area (Å²) in [4.78, 5) is 11.3. The van der Waals surface area contributed by atoms with Crippen molar-refractivity contribution in [2.45, 2.75) is 75.3 Å². The summed E-state index contributed by atoms with van der Waals surface area (Å²) in [5, 5.41) is 49.0. The summed E-state index contributed by atoms with van der Waals surface area (Å²) >= 11 is 0. The Morgan fingerprint density at radius 1 is 1.00 bits per heavy atom. The fourth-order valence-corrected chi connectivity index (χ4v) is 3.10. The first-order valence-corrected chi connectivity index (χ1v) is 8.20. The van der Waals surface area contributed by atoms with E-state index in [1.54, 1.807) is 6.92 Å². The van der Waals surface area contributed by atoms with Crippen molar-refractivity contribution in [3.8, 4) is 0 Å². The lowest BCUT2D eigenvalue weighted by atomic mass is 9.97. The van der Waals surface area contributed by atoms with Gasteiger partial charge in [0.15, 0.2) is 18.7 Å². The Labute approximate surface area is 150 Å². The van der Waals surface area contributed by atoms with Crippen LogP contribution in [0.5, 0.6) is 0 Å². The first-order valence-electron chi connectivity index (χ1n) is 8.20. The summed E-state index contributed by atoms with van der Waals surface area (Å²) in [5.41, 5.74) is 0. The van der Waals surface area contributed by atoms with Crippen molar-refractivity contribution in [1.82, 2.24) is 0 Å². The van der Waals surface area contributed by atoms with Gasteiger partial charge in [-0.25, -0.2) is 0 Å². The van der Waals surface area contributed by atoms with E-state index < -0.39 is 74.0 Å². The zero-order valence-corrected chi connectivity index (χ0v) is 14.7. The summed E-state index contributed by atoms with van der Waals surface area (Å²) in [6, 6.07) is 0. The van der Waals surface area contributed by atoms with Gasteiger partial charge in [-0.1, -0.05) is 0 Å². The Hall–Kier alpha value is -0.890. The van der Waals surface area contributed by atoms with E-state index in [4.69, 9.17) is 23.7 Å². The molecule has 2 aliphatic heterocycles. The van der Waals surface area contributed by atoms with Crippen molar-refractivity contribution >= 4 is 5.97 Å². The third-order valence-electron chi connectivity index (χ3n) is 4.46. The van der Waals surface area contributed by atoms with E-state index in [-0.39, 0.29) is 0 Å². The van der Waals surface area contributed by atoms with E-state index in [2.05, 4.69) is 0 Å². The molecule has 0 saturated carbocycles. The van der Waals surface area contributed by atoms with Gasteiger partial charge in [-0.3, -0.25) is 4.79 Å². The van der Waals surface area contributed by atoms with E-state index in [1.807, 2.05) is 0 Å². The van der Waals surface area contributed by atoms with Gasteiger partial charge in [0.25, 0.3) is 0 Å². The number of hydrogen-bond donors (Lipinski definition) is 5. The van der Waals surface area contributed by atoms with Gasteiger partial charge in [-0.15, -0.1) is 0 Å². The van der Waals surface area contributed by atoms with Gasteiger partial charge >= 0.3 is 5.97 Å². The molecule has 0 amide bonds. The normalized spacial score (nSPS) is 46.8. The maximum Gasteiger partial charge on any atom is 0.303 e. The fraction of sp³-hybridized carbons (Fsp3) is 0.933. The monoisotopic (exact) mass is 382 g/mol. The van der Waals surface area contributed by atoms with Gasteiger partial charge in [-0.2, -0.15) is 0 Å². The van der Waals surface area contributed by atoms with Crippen molar-refractivity contribution in [3.05, 3.63) is 0 Å². The number of carbonyl (C=O) groups is 1. The smallest absolute Gasteiger partial charge is 0.303 e. The number of carbonyl (C=O) groups excluding carboxylic acids is 1. The van der Waals surface area contributed by atoms with Crippen molar-refractivity contribution in [3.63, 3.8) is 0 Å². The average Bonchev–Trinajstić information content (AvgIpc) is 2.58. The first kappa shape index (κ1) is 21.4. The van der Waals surface area contributed by atoms with Crippen molar-refractivity contribution in [2.24, 2.45) is 0 Å². The van der Waals surface area contributed by atoms with Crippen molar-refractivity contribution < 1.29 is 54.0 Å². The van der Waals surface area contributed by atoms with Crippen molar-refractivity contribution in [2.75, 3.05) is 13.7 Å². The molecule has 0 aromatic heterocycles. The third kappa shape index (κ3) is 4.32. The van der Waals surface area contributed by atoms with Gasteiger partial charge in [0, 0.05) is 14.0 Å². The lowest BCUT2D eigenvalue weighted by molar-refractivity contribution is -0.353. The molecule has 0 aromatic rings. The van der Waals surface area contributed by atoms with Crippen LogP contribution in [-0.2, 0) is 28.5 Å². The molecule has 11 nitrogen and oxygen atoms in total. The number of rotatable bonds is 5. The van der Waals surface area contributed by atoms with Crippen LogP contribution >= 0.6 is 0 Å². The third-order valence-corrected chi connectivity index (χ3v) is 4.46. The van der Waals surface area contributed by atoms with Gasteiger partial charge in [-0.05, 0) is 6.92 Å². The zero-order valence-electron chi connectivity index (χ0n) is 14.7. The van der Waals surface area contributed by atoms with Crippen molar-refractivity contribution in [1.29, 1.82) is 0 Å². The minimum atomic E-state index is -1.61. The van der Waals surface area contributed by atoms with E-state index in [0.29, 0.717) is 0 Å². The lowest BCUT2D eigenvalue weighted by Gasteiger charge is -2.46. The molecule has 0 radical (unpaired) electrons. The Kier molecular flexibility index (Phi) is 7.30. The fourth-order valence-electron chi connectivity index (χ4n) is 3.10. The number of hydrogen-bond acceptors (Lipinski definition) is 11. The molecule has 2 rings (SSSR count). The summed E-state index contributed by atoms with van der Waals surface area (Å²) in [6.07, 6.45) is -12.6. The topological polar surface area (TPSA) is 164 Å². The second-order valence-electron chi connectivity index (χ2n) is 6.30. The van der Waals surface area contributed by atoms with Crippen LogP contribution in [0.1, 0.15) is 13.8 Å². The van der Waals surface area contributed by atoms with Crippen LogP contribution in [0.25, 0.3) is 0 Å². The molecule has 10 atom stereocenters. The Bertz CT molecular complexity index is 473. The van der Waals surface area contributed by atoms with E-state index in [9.17, 15) is 30.3 Å². The first-order chi connectivity index (χ1) is 12.2. The molecule has 11 heteroatoms. The number of esters is 1. The highest BCUT2D eigenvalue weighted by Gasteiger charge is 2.51. The number of aliphatic hydroxyl groups is 5. The maximum atomic E-state index is 11.3. The molecule has 0 spiro atoms. The van der Waals surface area contributed by atoms with Crippen LogP contribution in [0, 0.1) is 0 Å². The molecule has 0 aromatic carbocycles. The van der Waals surface area contributed by atoms with Crippen LogP contribution < -0.4 is 0 Å². The summed E-state index contributed by atoms with van der Waals surface area (Å²) in [6.45, 7) is 2.11. The van der Waals surface area contributed by atoms with Crippen LogP contribution in [0.3, 0.4) is 0 Å². The molecule has 0 bridgehead atoms. The number of ether oxygens (including phenoxy) is 5. The van der Waals surface area contributed by atoms with Gasteiger partial charge < -0.3 is 49.2 Å².